The molecule has 35 heavy (non-hydrogen) atoms. The predicted molar refractivity (Wildman–Crippen MR) is 146 cm³/mol. The first-order valence-corrected chi connectivity index (χ1v) is 12.6. The number of nitrogens with one attached hydrogen (secondary N) is 1. The molecule has 4 aromatic carbocycles. The Labute approximate surface area is 209 Å². The molecule has 0 saturated carbocycles. The molecule has 1 unspecified atom stereocenters. The summed E-state index contributed by atoms with van der Waals surface area (Å²) in [7, 11) is 0. The fraction of sp³-hybridized carbons (Fsp3) is 0.133. The van der Waals surface area contributed by atoms with Gasteiger partial charge in [0, 0.05) is 26.9 Å². The highest BCUT2D eigenvalue weighted by molar-refractivity contribution is 8.00. The Balaban J connectivity index is 1.41. The summed E-state index contributed by atoms with van der Waals surface area (Å²) in [6.45, 7) is 4.03. The normalized spacial score (nSPS) is 12.1. The number of hydrogen-bond acceptors (Lipinski definition) is 3. The van der Waals surface area contributed by atoms with Crippen LogP contribution in [-0.2, 0) is 0 Å². The highest BCUT2D eigenvalue weighted by atomic mass is 32.2. The maximum Gasteiger partial charge on any atom is 0.255 e. The van der Waals surface area contributed by atoms with Gasteiger partial charge in [0.2, 0.25) is 5.91 Å². The summed E-state index contributed by atoms with van der Waals surface area (Å²) in [4.78, 5) is 27.4. The SMILES string of the molecule is CCC(Sc1cccc(NC(=O)c2ccc(C)cc2)c1)C(=O)n1c2ccccc2c2ccccc21. The topological polar surface area (TPSA) is 51.1 Å². The zero-order chi connectivity index (χ0) is 24.4. The number of nitrogens with zero attached hydrogens (tertiary/aromatic N) is 1. The lowest BCUT2D eigenvalue weighted by atomic mass is 10.1. The number of anilines is 1. The molecular weight excluding hydrogens is 452 g/mol. The number of aromatic nitrogens is 1. The van der Waals surface area contributed by atoms with Crippen LogP contribution in [0.1, 0.15) is 34.1 Å². The maximum absolute atomic E-state index is 13.8. The van der Waals surface area contributed by atoms with E-state index in [0.29, 0.717) is 17.7 Å². The Morgan fingerprint density at radius 2 is 1.46 bits per heavy atom. The molecule has 0 radical (unpaired) electrons. The third kappa shape index (κ3) is 4.60. The van der Waals surface area contributed by atoms with Gasteiger partial charge >= 0.3 is 0 Å². The molecule has 1 amide bonds. The second kappa shape index (κ2) is 9.80. The van der Waals surface area contributed by atoms with Crippen molar-refractivity contribution in [1.82, 2.24) is 4.57 Å². The highest BCUT2D eigenvalue weighted by Crippen LogP contribution is 2.33. The van der Waals surface area contributed by atoms with Gasteiger partial charge in [-0.3, -0.25) is 14.2 Å². The molecule has 1 N–H and O–H groups in total. The monoisotopic (exact) mass is 478 g/mol. The molecule has 1 heterocycles. The fourth-order valence-corrected chi connectivity index (χ4v) is 5.39. The number of thioether (sulfide) groups is 1. The van der Waals surface area contributed by atoms with Crippen LogP contribution in [-0.4, -0.2) is 21.6 Å². The van der Waals surface area contributed by atoms with Crippen molar-refractivity contribution < 1.29 is 9.59 Å². The number of amides is 1. The van der Waals surface area contributed by atoms with Crippen molar-refractivity contribution in [3.05, 3.63) is 108 Å². The maximum atomic E-state index is 13.8. The number of fused-ring (bicyclic) bond motifs is 3. The summed E-state index contributed by atoms with van der Waals surface area (Å²) in [5, 5.41) is 4.87. The van der Waals surface area contributed by atoms with Crippen LogP contribution in [0.3, 0.4) is 0 Å². The van der Waals surface area contributed by atoms with E-state index in [-0.39, 0.29) is 17.1 Å². The molecule has 0 aliphatic rings. The quantitative estimate of drug-likeness (QED) is 0.256. The number of carbonyl (C=O) groups is 2. The largest absolute Gasteiger partial charge is 0.322 e. The molecule has 5 rings (SSSR count). The molecule has 0 fully saturated rings. The minimum Gasteiger partial charge on any atom is -0.322 e. The van der Waals surface area contributed by atoms with E-state index < -0.39 is 0 Å². The van der Waals surface area contributed by atoms with Crippen molar-refractivity contribution in [2.24, 2.45) is 0 Å². The van der Waals surface area contributed by atoms with Crippen molar-refractivity contribution in [2.75, 3.05) is 5.32 Å². The summed E-state index contributed by atoms with van der Waals surface area (Å²) in [5.74, 6) is -0.0930. The minimum atomic E-state index is -0.266. The van der Waals surface area contributed by atoms with E-state index in [0.717, 1.165) is 32.3 Å². The fourth-order valence-electron chi connectivity index (χ4n) is 4.33. The van der Waals surface area contributed by atoms with Crippen LogP contribution >= 0.6 is 11.8 Å². The number of benzene rings is 4. The molecule has 5 heteroatoms. The molecule has 1 atom stereocenters. The lowest BCUT2D eigenvalue weighted by molar-refractivity contribution is 0.0918. The Kier molecular flexibility index (Phi) is 6.43. The Morgan fingerprint density at radius 1 is 0.829 bits per heavy atom. The summed E-state index contributed by atoms with van der Waals surface area (Å²) < 4.78 is 1.86. The smallest absolute Gasteiger partial charge is 0.255 e. The lowest BCUT2D eigenvalue weighted by Crippen LogP contribution is -2.23. The van der Waals surface area contributed by atoms with Crippen molar-refractivity contribution in [1.29, 1.82) is 0 Å². The molecule has 0 aliphatic heterocycles. The van der Waals surface area contributed by atoms with E-state index in [2.05, 4.69) is 17.4 Å². The van der Waals surface area contributed by atoms with Gasteiger partial charge in [-0.05, 0) is 55.8 Å². The second-order valence-electron chi connectivity index (χ2n) is 8.57. The molecule has 0 aliphatic carbocycles. The average molecular weight is 479 g/mol. The van der Waals surface area contributed by atoms with Crippen LogP contribution in [0, 0.1) is 6.92 Å². The van der Waals surface area contributed by atoms with E-state index >= 15 is 0 Å². The van der Waals surface area contributed by atoms with Crippen LogP contribution in [0.15, 0.2) is 102 Å². The Bertz CT molecular complexity index is 1480. The molecule has 0 bridgehead atoms. The number of para-hydroxylation sites is 2. The van der Waals surface area contributed by atoms with E-state index in [9.17, 15) is 9.59 Å². The van der Waals surface area contributed by atoms with Crippen molar-refractivity contribution in [3.8, 4) is 0 Å². The molecule has 0 saturated heterocycles. The zero-order valence-electron chi connectivity index (χ0n) is 19.7. The molecule has 0 spiro atoms. The van der Waals surface area contributed by atoms with Crippen LogP contribution in [0.2, 0.25) is 0 Å². The van der Waals surface area contributed by atoms with Crippen LogP contribution in [0.25, 0.3) is 21.8 Å². The molecular formula is C30H26N2O2S. The zero-order valence-corrected chi connectivity index (χ0v) is 20.5. The molecule has 1 aromatic heterocycles. The van der Waals surface area contributed by atoms with Crippen molar-refractivity contribution in [2.45, 2.75) is 30.4 Å². The summed E-state index contributed by atoms with van der Waals surface area (Å²) in [6.07, 6.45) is 0.685. The van der Waals surface area contributed by atoms with Crippen LogP contribution < -0.4 is 5.32 Å². The van der Waals surface area contributed by atoms with Gasteiger partial charge < -0.3 is 5.32 Å². The van der Waals surface area contributed by atoms with Gasteiger partial charge in [-0.1, -0.05) is 67.1 Å². The first kappa shape index (κ1) is 22.9. The number of aryl methyl sites for hydroxylation is 1. The van der Waals surface area contributed by atoms with Gasteiger partial charge in [-0.2, -0.15) is 0 Å². The van der Waals surface area contributed by atoms with Gasteiger partial charge in [0.15, 0.2) is 0 Å². The van der Waals surface area contributed by atoms with E-state index in [1.54, 1.807) is 0 Å². The minimum absolute atomic E-state index is 0.0593. The first-order chi connectivity index (χ1) is 17.0. The summed E-state index contributed by atoms with van der Waals surface area (Å²) in [6, 6.07) is 31.3. The lowest BCUT2D eigenvalue weighted by Gasteiger charge is -2.16. The average Bonchev–Trinajstić information content (AvgIpc) is 3.22. The van der Waals surface area contributed by atoms with Crippen molar-refractivity contribution in [3.63, 3.8) is 0 Å². The van der Waals surface area contributed by atoms with E-state index in [4.69, 9.17) is 0 Å². The van der Waals surface area contributed by atoms with Gasteiger partial charge in [0.1, 0.15) is 0 Å². The van der Waals surface area contributed by atoms with Crippen molar-refractivity contribution >= 4 is 51.1 Å². The Morgan fingerprint density at radius 3 is 2.09 bits per heavy atom. The van der Waals surface area contributed by atoms with Crippen LogP contribution in [0.5, 0.6) is 0 Å². The summed E-state index contributed by atoms with van der Waals surface area (Å²) in [5.41, 5.74) is 4.29. The molecule has 174 valence electrons. The number of rotatable bonds is 6. The van der Waals surface area contributed by atoms with E-state index in [1.165, 1.54) is 11.8 Å². The molecule has 5 aromatic rings. The first-order valence-electron chi connectivity index (χ1n) is 11.7. The predicted octanol–water partition coefficient (Wildman–Crippen LogP) is 7.57. The third-order valence-electron chi connectivity index (χ3n) is 6.13. The van der Waals surface area contributed by atoms with Gasteiger partial charge in [-0.25, -0.2) is 0 Å². The standard InChI is InChI=1S/C30H26N2O2S/c1-3-28(30(34)32-26-13-6-4-11-24(26)25-12-5-7-14-27(25)32)35-23-10-8-9-22(19-23)31-29(33)21-17-15-20(2)16-18-21/h4-19,28H,3H2,1-2H3,(H,31,33). The number of carbonyl (C=O) groups excluding carboxylic acids is 2. The highest BCUT2D eigenvalue weighted by Gasteiger charge is 2.24. The second-order valence-corrected chi connectivity index (χ2v) is 9.85. The van der Waals surface area contributed by atoms with Gasteiger partial charge in [-0.15, -0.1) is 11.8 Å². The van der Waals surface area contributed by atoms with Crippen LogP contribution in [0.4, 0.5) is 5.69 Å². The Hall–Kier alpha value is -3.83. The summed E-state index contributed by atoms with van der Waals surface area (Å²) >= 11 is 1.53. The third-order valence-corrected chi connectivity index (χ3v) is 7.48. The van der Waals surface area contributed by atoms with E-state index in [1.807, 2.05) is 103 Å². The number of hydrogen-bond donors (Lipinski definition) is 1. The van der Waals surface area contributed by atoms with Gasteiger partial charge in [0.05, 0.1) is 16.3 Å². The molecule has 4 nitrogen and oxygen atoms in total. The van der Waals surface area contributed by atoms with Gasteiger partial charge in [0.25, 0.3) is 5.91 Å².